The average molecular weight is 430 g/mol. The molecule has 1 aliphatic heterocycles. The summed E-state index contributed by atoms with van der Waals surface area (Å²) in [6.07, 6.45) is 3.24. The molecule has 0 radical (unpaired) electrons. The molecule has 0 amide bonds. The maximum atomic E-state index is 11.4. The predicted octanol–water partition coefficient (Wildman–Crippen LogP) is 4.08. The van der Waals surface area contributed by atoms with Crippen LogP contribution in [-0.4, -0.2) is 51.2 Å². The molecule has 9 nitrogen and oxygen atoms in total. The fourth-order valence-corrected chi connectivity index (χ4v) is 4.20. The molecule has 0 aliphatic carbocycles. The molecule has 9 heteroatoms. The summed E-state index contributed by atoms with van der Waals surface area (Å²) in [6, 6.07) is 15.0. The van der Waals surface area contributed by atoms with E-state index in [0.717, 1.165) is 42.8 Å². The molecule has 2 aromatic heterocycles. The summed E-state index contributed by atoms with van der Waals surface area (Å²) in [5.74, 6) is 1.13. The molecule has 1 aliphatic rings. The van der Waals surface area contributed by atoms with Crippen LogP contribution in [0.1, 0.15) is 18.9 Å². The molecular formula is C23H22N6O3. The van der Waals surface area contributed by atoms with E-state index in [-0.39, 0.29) is 16.7 Å². The van der Waals surface area contributed by atoms with Crippen molar-refractivity contribution in [2.24, 2.45) is 0 Å². The minimum atomic E-state index is -0.360. The molecule has 1 saturated heterocycles. The highest BCUT2D eigenvalue weighted by atomic mass is 16.6. The summed E-state index contributed by atoms with van der Waals surface area (Å²) in [4.78, 5) is 19.7. The Bertz CT molecular complexity index is 1250. The molecule has 0 saturated carbocycles. The summed E-state index contributed by atoms with van der Waals surface area (Å²) < 4.78 is 5.94. The highest BCUT2D eigenvalue weighted by molar-refractivity contribution is 5.99. The lowest BCUT2D eigenvalue weighted by atomic mass is 10.1. The molecule has 0 bridgehead atoms. The van der Waals surface area contributed by atoms with Crippen molar-refractivity contribution in [1.29, 1.82) is 0 Å². The summed E-state index contributed by atoms with van der Waals surface area (Å²) in [7, 11) is 0. The number of nitro benzene ring substituents is 1. The second kappa shape index (κ2) is 8.35. The highest BCUT2D eigenvalue weighted by Crippen LogP contribution is 2.34. The third-order valence-corrected chi connectivity index (χ3v) is 5.99. The molecule has 0 N–H and O–H groups in total. The number of fused-ring (bicyclic) bond motifs is 1. The van der Waals surface area contributed by atoms with Crippen LogP contribution in [0.4, 0.5) is 11.4 Å². The van der Waals surface area contributed by atoms with Crippen LogP contribution in [0.15, 0.2) is 65.3 Å². The first kappa shape index (κ1) is 20.1. The van der Waals surface area contributed by atoms with E-state index in [1.807, 2.05) is 42.5 Å². The van der Waals surface area contributed by atoms with Gasteiger partial charge in [-0.3, -0.25) is 20.0 Å². The number of hydrogen-bond acceptors (Lipinski definition) is 8. The number of aromatic nitrogens is 3. The van der Waals surface area contributed by atoms with Crippen LogP contribution in [0.25, 0.3) is 22.2 Å². The van der Waals surface area contributed by atoms with E-state index in [4.69, 9.17) is 4.42 Å². The van der Waals surface area contributed by atoms with Crippen LogP contribution >= 0.6 is 0 Å². The SMILES string of the molecule is C[C@H](c1nnc(-c2ccccc2)o1)N1CCN(c2ccc([N+](=O)[O-])c3cnccc23)CC1. The molecular weight excluding hydrogens is 408 g/mol. The first-order valence-corrected chi connectivity index (χ1v) is 10.5. The van der Waals surface area contributed by atoms with Gasteiger partial charge in [0.05, 0.1) is 16.4 Å². The number of rotatable bonds is 5. The van der Waals surface area contributed by atoms with Crippen molar-refractivity contribution in [2.75, 3.05) is 31.1 Å². The Morgan fingerprint density at radius 3 is 2.53 bits per heavy atom. The summed E-state index contributed by atoms with van der Waals surface area (Å²) in [5.41, 5.74) is 1.97. The Morgan fingerprint density at radius 1 is 1.00 bits per heavy atom. The fourth-order valence-electron chi connectivity index (χ4n) is 4.20. The Labute approximate surface area is 184 Å². The van der Waals surface area contributed by atoms with Crippen LogP contribution in [0, 0.1) is 10.1 Å². The van der Waals surface area contributed by atoms with E-state index in [1.165, 1.54) is 0 Å². The summed E-state index contributed by atoms with van der Waals surface area (Å²) in [6.45, 7) is 5.28. The molecule has 4 aromatic rings. The third kappa shape index (κ3) is 3.67. The molecule has 1 atom stereocenters. The lowest BCUT2D eigenvalue weighted by Gasteiger charge is -2.38. The van der Waals surface area contributed by atoms with Crippen molar-refractivity contribution in [3.8, 4) is 11.5 Å². The zero-order chi connectivity index (χ0) is 22.1. The normalized spacial score (nSPS) is 15.7. The zero-order valence-electron chi connectivity index (χ0n) is 17.6. The second-order valence-corrected chi connectivity index (χ2v) is 7.79. The number of hydrogen-bond donors (Lipinski definition) is 0. The van der Waals surface area contributed by atoms with E-state index >= 15 is 0 Å². The molecule has 162 valence electrons. The molecule has 1 fully saturated rings. The van der Waals surface area contributed by atoms with Gasteiger partial charge in [-0.2, -0.15) is 0 Å². The van der Waals surface area contributed by atoms with Gasteiger partial charge >= 0.3 is 0 Å². The zero-order valence-corrected chi connectivity index (χ0v) is 17.6. The number of benzene rings is 2. The van der Waals surface area contributed by atoms with E-state index < -0.39 is 0 Å². The molecule has 2 aromatic carbocycles. The quantitative estimate of drug-likeness (QED) is 0.345. The van der Waals surface area contributed by atoms with E-state index in [1.54, 1.807) is 18.5 Å². The van der Waals surface area contributed by atoms with Crippen molar-refractivity contribution in [3.63, 3.8) is 0 Å². The number of piperazine rings is 1. The highest BCUT2D eigenvalue weighted by Gasteiger charge is 2.27. The third-order valence-electron chi connectivity index (χ3n) is 5.99. The van der Waals surface area contributed by atoms with E-state index in [9.17, 15) is 10.1 Å². The Hall–Kier alpha value is -3.85. The van der Waals surface area contributed by atoms with Crippen molar-refractivity contribution < 1.29 is 9.34 Å². The van der Waals surface area contributed by atoms with Crippen LogP contribution in [-0.2, 0) is 0 Å². The van der Waals surface area contributed by atoms with Gasteiger partial charge in [-0.15, -0.1) is 10.2 Å². The number of anilines is 1. The van der Waals surface area contributed by atoms with Gasteiger partial charge in [0.1, 0.15) is 0 Å². The fraction of sp³-hybridized carbons (Fsp3) is 0.261. The van der Waals surface area contributed by atoms with Crippen LogP contribution in [0.2, 0.25) is 0 Å². The molecule has 0 unspecified atom stereocenters. The van der Waals surface area contributed by atoms with Crippen molar-refractivity contribution in [1.82, 2.24) is 20.1 Å². The van der Waals surface area contributed by atoms with Gasteiger partial charge in [0.2, 0.25) is 11.8 Å². The van der Waals surface area contributed by atoms with Gasteiger partial charge in [-0.05, 0) is 31.2 Å². The maximum Gasteiger partial charge on any atom is 0.278 e. The second-order valence-electron chi connectivity index (χ2n) is 7.79. The Kier molecular flexibility index (Phi) is 5.24. The Morgan fingerprint density at radius 2 is 1.78 bits per heavy atom. The molecule has 5 rings (SSSR count). The molecule has 3 heterocycles. The smallest absolute Gasteiger partial charge is 0.278 e. The first-order chi connectivity index (χ1) is 15.6. The van der Waals surface area contributed by atoms with Crippen LogP contribution < -0.4 is 4.90 Å². The summed E-state index contributed by atoms with van der Waals surface area (Å²) >= 11 is 0. The van der Waals surface area contributed by atoms with Gasteiger partial charge in [-0.25, -0.2) is 0 Å². The van der Waals surface area contributed by atoms with E-state index in [2.05, 4.69) is 31.9 Å². The largest absolute Gasteiger partial charge is 0.419 e. The number of nitrogens with zero attached hydrogens (tertiary/aromatic N) is 6. The monoisotopic (exact) mass is 430 g/mol. The van der Waals surface area contributed by atoms with Gasteiger partial charge < -0.3 is 9.32 Å². The lowest BCUT2D eigenvalue weighted by molar-refractivity contribution is -0.383. The number of pyridine rings is 1. The maximum absolute atomic E-state index is 11.4. The van der Waals surface area contributed by atoms with Gasteiger partial charge in [-0.1, -0.05) is 18.2 Å². The lowest BCUT2D eigenvalue weighted by Crippen LogP contribution is -2.47. The van der Waals surface area contributed by atoms with Crippen LogP contribution in [0.5, 0.6) is 0 Å². The topological polar surface area (TPSA) is 101 Å². The van der Waals surface area contributed by atoms with Gasteiger partial charge in [0.25, 0.3) is 5.69 Å². The Balaban J connectivity index is 1.31. The van der Waals surface area contributed by atoms with Crippen molar-refractivity contribution in [2.45, 2.75) is 13.0 Å². The molecule has 32 heavy (non-hydrogen) atoms. The van der Waals surface area contributed by atoms with Gasteiger partial charge in [0.15, 0.2) is 0 Å². The van der Waals surface area contributed by atoms with Crippen molar-refractivity contribution >= 4 is 22.1 Å². The van der Waals surface area contributed by atoms with Gasteiger partial charge in [0, 0.05) is 61.3 Å². The number of non-ortho nitro benzene ring substituents is 1. The minimum Gasteiger partial charge on any atom is -0.419 e. The standard InChI is InChI=1S/C23H22N6O3/c1-16(22-25-26-23(32-22)17-5-3-2-4-6-17)27-11-13-28(14-12-27)20-7-8-21(29(30)31)19-15-24-10-9-18(19)20/h2-10,15-16H,11-14H2,1H3/t16-/m1/s1. The van der Waals surface area contributed by atoms with Crippen LogP contribution in [0.3, 0.4) is 0 Å². The first-order valence-electron chi connectivity index (χ1n) is 10.5. The van der Waals surface area contributed by atoms with Crippen molar-refractivity contribution in [3.05, 3.63) is 76.9 Å². The van der Waals surface area contributed by atoms with E-state index in [0.29, 0.717) is 17.2 Å². The summed E-state index contributed by atoms with van der Waals surface area (Å²) in [5, 5.41) is 21.3. The predicted molar refractivity (Wildman–Crippen MR) is 120 cm³/mol. The minimum absolute atomic E-state index is 0.0000767. The molecule has 0 spiro atoms. The average Bonchev–Trinajstić information content (AvgIpc) is 3.34. The number of nitro groups is 1.